The summed E-state index contributed by atoms with van der Waals surface area (Å²) in [5.74, 6) is -0.606. The normalized spacial score (nSPS) is 10.6. The highest BCUT2D eigenvalue weighted by Gasteiger charge is 2.12. The summed E-state index contributed by atoms with van der Waals surface area (Å²) in [6, 6.07) is 12.3. The molecule has 0 aliphatic heterocycles. The van der Waals surface area contributed by atoms with Gasteiger partial charge in [0.1, 0.15) is 5.82 Å². The van der Waals surface area contributed by atoms with Gasteiger partial charge in [0.15, 0.2) is 5.69 Å². The minimum Gasteiger partial charge on any atom is -0.347 e. The molecule has 0 spiro atoms. The first-order valence-electron chi connectivity index (χ1n) is 7.24. The third kappa shape index (κ3) is 3.68. The lowest BCUT2D eigenvalue weighted by Gasteiger charge is -2.04. The van der Waals surface area contributed by atoms with Gasteiger partial charge in [-0.1, -0.05) is 33.3 Å². The van der Waals surface area contributed by atoms with Crippen LogP contribution in [-0.4, -0.2) is 20.9 Å². The average Bonchev–Trinajstić information content (AvgIpc) is 3.05. The Morgan fingerprint density at radius 3 is 2.88 bits per heavy atom. The number of aromatic nitrogens is 3. The van der Waals surface area contributed by atoms with Gasteiger partial charge < -0.3 is 5.32 Å². The first-order chi connectivity index (χ1) is 11.5. The Morgan fingerprint density at radius 1 is 1.29 bits per heavy atom. The summed E-state index contributed by atoms with van der Waals surface area (Å²) in [6.07, 6.45) is 1.52. The summed E-state index contributed by atoms with van der Waals surface area (Å²) in [5, 5.41) is 10.6. The van der Waals surface area contributed by atoms with Crippen LogP contribution in [0.25, 0.3) is 5.69 Å². The van der Waals surface area contributed by atoms with E-state index < -0.39 is 0 Å². The van der Waals surface area contributed by atoms with Gasteiger partial charge in [-0.05, 0) is 48.4 Å². The van der Waals surface area contributed by atoms with Crippen LogP contribution in [0.2, 0.25) is 0 Å². The maximum Gasteiger partial charge on any atom is 0.273 e. The van der Waals surface area contributed by atoms with Gasteiger partial charge in [-0.15, -0.1) is 5.10 Å². The summed E-state index contributed by atoms with van der Waals surface area (Å²) in [6.45, 7) is 2.06. The van der Waals surface area contributed by atoms with Crippen LogP contribution >= 0.6 is 15.9 Å². The summed E-state index contributed by atoms with van der Waals surface area (Å²) < 4.78 is 15.7. The van der Waals surface area contributed by atoms with E-state index in [1.807, 2.05) is 24.3 Å². The molecule has 0 atom stereocenters. The molecule has 3 aromatic rings. The molecule has 1 N–H and O–H groups in total. The van der Waals surface area contributed by atoms with Crippen molar-refractivity contribution >= 4 is 21.8 Å². The van der Waals surface area contributed by atoms with Crippen molar-refractivity contribution < 1.29 is 9.18 Å². The zero-order valence-electron chi connectivity index (χ0n) is 12.8. The Bertz CT molecular complexity index is 894. The van der Waals surface area contributed by atoms with Crippen molar-refractivity contribution in [3.63, 3.8) is 0 Å². The van der Waals surface area contributed by atoms with Gasteiger partial charge in [0.25, 0.3) is 5.91 Å². The fraction of sp³-hybridized carbons (Fsp3) is 0.118. The molecule has 24 heavy (non-hydrogen) atoms. The predicted molar refractivity (Wildman–Crippen MR) is 91.4 cm³/mol. The van der Waals surface area contributed by atoms with Gasteiger partial charge >= 0.3 is 0 Å². The molecule has 1 amide bonds. The molecular weight excluding hydrogens is 375 g/mol. The van der Waals surface area contributed by atoms with Crippen LogP contribution in [-0.2, 0) is 6.54 Å². The van der Waals surface area contributed by atoms with Crippen molar-refractivity contribution in [3.05, 3.63) is 75.8 Å². The van der Waals surface area contributed by atoms with Crippen LogP contribution in [0.1, 0.15) is 21.6 Å². The third-order valence-corrected chi connectivity index (χ3v) is 3.97. The first kappa shape index (κ1) is 16.3. The molecule has 122 valence electrons. The van der Waals surface area contributed by atoms with Crippen molar-refractivity contribution in [1.29, 1.82) is 0 Å². The molecule has 5 nitrogen and oxygen atoms in total. The van der Waals surface area contributed by atoms with Crippen LogP contribution in [0.3, 0.4) is 0 Å². The van der Waals surface area contributed by atoms with Crippen molar-refractivity contribution in [3.8, 4) is 5.69 Å². The van der Waals surface area contributed by atoms with Gasteiger partial charge in [0.05, 0.1) is 11.9 Å². The number of hydrogen-bond donors (Lipinski definition) is 1. The number of carbonyl (C=O) groups is 1. The van der Waals surface area contributed by atoms with E-state index in [9.17, 15) is 9.18 Å². The molecule has 0 bridgehead atoms. The average molecular weight is 389 g/mol. The van der Waals surface area contributed by atoms with E-state index in [0.717, 1.165) is 10.0 Å². The molecule has 0 saturated heterocycles. The lowest BCUT2D eigenvalue weighted by atomic mass is 10.2. The summed E-state index contributed by atoms with van der Waals surface area (Å²) in [4.78, 5) is 12.2. The van der Waals surface area contributed by atoms with Crippen LogP contribution in [0, 0.1) is 12.7 Å². The Labute approximate surface area is 146 Å². The number of nitrogens with one attached hydrogen (secondary N) is 1. The summed E-state index contributed by atoms with van der Waals surface area (Å²) in [7, 11) is 0. The number of amides is 1. The van der Waals surface area contributed by atoms with Gasteiger partial charge in [-0.2, -0.15) is 0 Å². The number of hydrogen-bond acceptors (Lipinski definition) is 3. The summed E-state index contributed by atoms with van der Waals surface area (Å²) in [5.41, 5.74) is 2.32. The van der Waals surface area contributed by atoms with Crippen LogP contribution < -0.4 is 5.32 Å². The predicted octanol–water partition coefficient (Wildman–Crippen LogP) is 3.41. The topological polar surface area (TPSA) is 59.8 Å². The Balaban J connectivity index is 1.70. The molecule has 0 aliphatic carbocycles. The van der Waals surface area contributed by atoms with Gasteiger partial charge in [-0.25, -0.2) is 9.07 Å². The third-order valence-electron chi connectivity index (χ3n) is 3.47. The molecule has 7 heteroatoms. The second kappa shape index (κ2) is 6.92. The Hall–Kier alpha value is -2.54. The van der Waals surface area contributed by atoms with E-state index in [4.69, 9.17) is 0 Å². The smallest absolute Gasteiger partial charge is 0.273 e. The Kier molecular flexibility index (Phi) is 4.71. The van der Waals surface area contributed by atoms with E-state index in [2.05, 4.69) is 31.6 Å². The monoisotopic (exact) mass is 388 g/mol. The largest absolute Gasteiger partial charge is 0.347 e. The van der Waals surface area contributed by atoms with Crippen LogP contribution in [0.15, 0.2) is 53.1 Å². The number of nitrogens with zero attached hydrogens (tertiary/aromatic N) is 3. The highest BCUT2D eigenvalue weighted by molar-refractivity contribution is 9.10. The second-order valence-corrected chi connectivity index (χ2v) is 6.21. The standard InChI is InChI=1S/C17H14BrFN4O/c1-11-7-14(5-6-15(11)19)23-10-16(21-22-23)17(24)20-9-12-3-2-4-13(18)8-12/h2-8,10H,9H2,1H3,(H,20,24). The van der Waals surface area contributed by atoms with E-state index in [0.29, 0.717) is 17.8 Å². The molecule has 0 radical (unpaired) electrons. The zero-order chi connectivity index (χ0) is 17.1. The fourth-order valence-corrected chi connectivity index (χ4v) is 2.63. The number of carbonyl (C=O) groups excluding carboxylic acids is 1. The van der Waals surface area contributed by atoms with Crippen molar-refractivity contribution in [2.75, 3.05) is 0 Å². The molecule has 0 aliphatic rings. The maximum absolute atomic E-state index is 13.3. The fourth-order valence-electron chi connectivity index (χ4n) is 2.19. The molecular formula is C17H14BrFN4O. The maximum atomic E-state index is 13.3. The highest BCUT2D eigenvalue weighted by atomic mass is 79.9. The number of benzene rings is 2. The van der Waals surface area contributed by atoms with Crippen molar-refractivity contribution in [1.82, 2.24) is 20.3 Å². The highest BCUT2D eigenvalue weighted by Crippen LogP contribution is 2.13. The molecule has 0 unspecified atom stereocenters. The van der Waals surface area contributed by atoms with E-state index in [1.165, 1.54) is 16.9 Å². The quantitative estimate of drug-likeness (QED) is 0.744. The molecule has 3 rings (SSSR count). The molecule has 0 saturated carbocycles. The van der Waals surface area contributed by atoms with Crippen LogP contribution in [0.5, 0.6) is 0 Å². The van der Waals surface area contributed by atoms with E-state index in [1.54, 1.807) is 19.1 Å². The lowest BCUT2D eigenvalue weighted by Crippen LogP contribution is -2.23. The van der Waals surface area contributed by atoms with Gasteiger partial charge in [-0.3, -0.25) is 4.79 Å². The zero-order valence-corrected chi connectivity index (χ0v) is 14.4. The minimum atomic E-state index is -0.319. The van der Waals surface area contributed by atoms with Gasteiger partial charge in [0, 0.05) is 11.0 Å². The van der Waals surface area contributed by atoms with Gasteiger partial charge in [0.2, 0.25) is 0 Å². The van der Waals surface area contributed by atoms with Crippen LogP contribution in [0.4, 0.5) is 4.39 Å². The van der Waals surface area contributed by atoms with Crippen molar-refractivity contribution in [2.45, 2.75) is 13.5 Å². The lowest BCUT2D eigenvalue weighted by molar-refractivity contribution is 0.0946. The molecule has 0 fully saturated rings. The molecule has 2 aromatic carbocycles. The number of halogens is 2. The minimum absolute atomic E-state index is 0.201. The molecule has 1 heterocycles. The number of rotatable bonds is 4. The first-order valence-corrected chi connectivity index (χ1v) is 8.04. The van der Waals surface area contributed by atoms with E-state index >= 15 is 0 Å². The SMILES string of the molecule is Cc1cc(-n2cc(C(=O)NCc3cccc(Br)c3)nn2)ccc1F. The van der Waals surface area contributed by atoms with Crippen molar-refractivity contribution in [2.24, 2.45) is 0 Å². The second-order valence-electron chi connectivity index (χ2n) is 5.29. The number of aryl methyl sites for hydroxylation is 1. The van der Waals surface area contributed by atoms with E-state index in [-0.39, 0.29) is 17.4 Å². The summed E-state index contributed by atoms with van der Waals surface area (Å²) >= 11 is 3.39. The Morgan fingerprint density at radius 2 is 2.12 bits per heavy atom. The molecule has 1 aromatic heterocycles.